The van der Waals surface area contributed by atoms with Gasteiger partial charge in [-0.15, -0.1) is 11.3 Å². The summed E-state index contributed by atoms with van der Waals surface area (Å²) < 4.78 is 5.49. The molecule has 84 valence electrons. The van der Waals surface area contributed by atoms with Gasteiger partial charge in [-0.1, -0.05) is 0 Å². The van der Waals surface area contributed by atoms with E-state index in [4.69, 9.17) is 4.74 Å². The summed E-state index contributed by atoms with van der Waals surface area (Å²) >= 11 is 1.60. The first-order valence-corrected chi connectivity index (χ1v) is 6.24. The van der Waals surface area contributed by atoms with Crippen LogP contribution in [0.4, 0.5) is 0 Å². The molecular weight excluding hydrogens is 210 g/mol. The summed E-state index contributed by atoms with van der Waals surface area (Å²) in [7, 11) is 1.75. The first kappa shape index (κ1) is 11.0. The first-order valence-electron chi connectivity index (χ1n) is 5.36. The van der Waals surface area contributed by atoms with E-state index in [0.29, 0.717) is 6.42 Å². The Morgan fingerprint density at radius 2 is 2.47 bits per heavy atom. The van der Waals surface area contributed by atoms with Crippen molar-refractivity contribution in [3.63, 3.8) is 0 Å². The van der Waals surface area contributed by atoms with Gasteiger partial charge in [-0.3, -0.25) is 0 Å². The molecule has 1 fully saturated rings. The summed E-state index contributed by atoms with van der Waals surface area (Å²) in [6.45, 7) is 0. The second-order valence-electron chi connectivity index (χ2n) is 4.23. The number of thiazole rings is 1. The van der Waals surface area contributed by atoms with Gasteiger partial charge in [-0.25, -0.2) is 4.98 Å². The van der Waals surface area contributed by atoms with Crippen molar-refractivity contribution in [1.29, 1.82) is 0 Å². The molecule has 0 bridgehead atoms. The number of rotatable bonds is 5. The molecule has 0 aromatic carbocycles. The van der Waals surface area contributed by atoms with Gasteiger partial charge in [-0.05, 0) is 19.3 Å². The number of methoxy groups -OCH3 is 1. The van der Waals surface area contributed by atoms with Gasteiger partial charge >= 0.3 is 0 Å². The molecule has 0 saturated heterocycles. The van der Waals surface area contributed by atoms with Crippen molar-refractivity contribution in [3.05, 3.63) is 16.6 Å². The topological polar surface area (TPSA) is 42.4 Å². The molecule has 3 nitrogen and oxygen atoms in total. The molecule has 2 rings (SSSR count). The lowest BCUT2D eigenvalue weighted by Crippen LogP contribution is -2.42. The third-order valence-corrected chi connectivity index (χ3v) is 4.00. The highest BCUT2D eigenvalue weighted by molar-refractivity contribution is 7.09. The second kappa shape index (κ2) is 4.60. The summed E-state index contributed by atoms with van der Waals surface area (Å²) in [6.07, 6.45) is 6.24. The molecule has 1 aromatic rings. The van der Waals surface area contributed by atoms with Crippen molar-refractivity contribution in [3.8, 4) is 0 Å². The maximum atomic E-state index is 9.94. The van der Waals surface area contributed by atoms with Crippen LogP contribution in [0.5, 0.6) is 0 Å². The van der Waals surface area contributed by atoms with Gasteiger partial charge in [0.25, 0.3) is 0 Å². The quantitative estimate of drug-likeness (QED) is 0.836. The van der Waals surface area contributed by atoms with Crippen LogP contribution in [-0.2, 0) is 11.2 Å². The number of hydrogen-bond donors (Lipinski definition) is 1. The molecule has 15 heavy (non-hydrogen) atoms. The molecule has 1 aliphatic rings. The van der Waals surface area contributed by atoms with E-state index in [1.54, 1.807) is 24.6 Å². The Kier molecular flexibility index (Phi) is 3.38. The lowest BCUT2D eigenvalue weighted by atomic mass is 9.76. The summed E-state index contributed by atoms with van der Waals surface area (Å²) in [5.74, 6) is 0. The van der Waals surface area contributed by atoms with Crippen LogP contribution in [-0.4, -0.2) is 28.9 Å². The fourth-order valence-electron chi connectivity index (χ4n) is 2.12. The van der Waals surface area contributed by atoms with Crippen LogP contribution >= 0.6 is 11.3 Å². The van der Waals surface area contributed by atoms with E-state index in [0.717, 1.165) is 24.3 Å². The summed E-state index contributed by atoms with van der Waals surface area (Å²) in [5.41, 5.74) is -0.0450. The minimum absolute atomic E-state index is 0.0450. The van der Waals surface area contributed by atoms with E-state index in [1.165, 1.54) is 6.42 Å². The highest BCUT2D eigenvalue weighted by atomic mass is 32.1. The Morgan fingerprint density at radius 3 is 2.93 bits per heavy atom. The molecule has 0 aliphatic heterocycles. The summed E-state index contributed by atoms with van der Waals surface area (Å²) in [4.78, 5) is 4.17. The molecule has 1 unspecified atom stereocenters. The Hall–Kier alpha value is -0.450. The number of nitrogens with zero attached hydrogens (tertiary/aromatic N) is 1. The average molecular weight is 227 g/mol. The lowest BCUT2D eigenvalue weighted by molar-refractivity contribution is -0.0989. The third kappa shape index (κ3) is 2.56. The molecule has 0 spiro atoms. The van der Waals surface area contributed by atoms with Crippen LogP contribution in [0.2, 0.25) is 0 Å². The zero-order valence-corrected chi connectivity index (χ0v) is 9.80. The van der Waals surface area contributed by atoms with Crippen molar-refractivity contribution in [2.75, 3.05) is 7.11 Å². The number of hydrogen-bond acceptors (Lipinski definition) is 4. The minimum atomic E-state index is -0.323. The SMILES string of the molecule is COC1(CC(O)Cc2nccs2)CCC1. The highest BCUT2D eigenvalue weighted by Gasteiger charge is 2.38. The van der Waals surface area contributed by atoms with E-state index >= 15 is 0 Å². The Labute approximate surface area is 94.1 Å². The molecule has 1 atom stereocenters. The van der Waals surface area contributed by atoms with E-state index in [-0.39, 0.29) is 11.7 Å². The monoisotopic (exact) mass is 227 g/mol. The van der Waals surface area contributed by atoms with Gasteiger partial charge in [-0.2, -0.15) is 0 Å². The molecule has 0 amide bonds. The van der Waals surface area contributed by atoms with Crippen molar-refractivity contribution < 1.29 is 9.84 Å². The predicted molar refractivity (Wildman–Crippen MR) is 60.0 cm³/mol. The average Bonchev–Trinajstić information content (AvgIpc) is 2.64. The van der Waals surface area contributed by atoms with Gasteiger partial charge in [0.1, 0.15) is 0 Å². The minimum Gasteiger partial charge on any atom is -0.393 e. The van der Waals surface area contributed by atoms with Gasteiger partial charge in [0, 0.05) is 31.5 Å². The summed E-state index contributed by atoms with van der Waals surface area (Å²) in [6, 6.07) is 0. The molecule has 0 radical (unpaired) electrons. The highest BCUT2D eigenvalue weighted by Crippen LogP contribution is 2.39. The third-order valence-electron chi connectivity index (χ3n) is 3.20. The Balaban J connectivity index is 1.84. The fraction of sp³-hybridized carbons (Fsp3) is 0.727. The molecule has 4 heteroatoms. The first-order chi connectivity index (χ1) is 7.24. The van der Waals surface area contributed by atoms with Crippen molar-refractivity contribution in [1.82, 2.24) is 4.98 Å². The van der Waals surface area contributed by atoms with Crippen LogP contribution in [0.1, 0.15) is 30.7 Å². The van der Waals surface area contributed by atoms with Crippen molar-refractivity contribution >= 4 is 11.3 Å². The zero-order valence-electron chi connectivity index (χ0n) is 8.98. The molecule has 1 saturated carbocycles. The van der Waals surface area contributed by atoms with E-state index in [1.807, 2.05) is 5.38 Å². The largest absolute Gasteiger partial charge is 0.393 e. The van der Waals surface area contributed by atoms with Crippen LogP contribution in [0.3, 0.4) is 0 Å². The zero-order chi connectivity index (χ0) is 10.7. The van der Waals surface area contributed by atoms with Crippen LogP contribution < -0.4 is 0 Å². The number of ether oxygens (including phenoxy) is 1. The molecule has 1 aliphatic carbocycles. The van der Waals surface area contributed by atoms with Crippen LogP contribution in [0.25, 0.3) is 0 Å². The maximum absolute atomic E-state index is 9.94. The summed E-state index contributed by atoms with van der Waals surface area (Å²) in [5, 5.41) is 12.9. The maximum Gasteiger partial charge on any atom is 0.0950 e. The van der Waals surface area contributed by atoms with Gasteiger partial charge in [0.2, 0.25) is 0 Å². The molecule has 1 N–H and O–H groups in total. The van der Waals surface area contributed by atoms with Crippen LogP contribution in [0.15, 0.2) is 11.6 Å². The van der Waals surface area contributed by atoms with Gasteiger partial charge in [0.05, 0.1) is 16.7 Å². The molecule has 1 heterocycles. The number of aliphatic hydroxyl groups excluding tert-OH is 1. The van der Waals surface area contributed by atoms with Gasteiger partial charge in [0.15, 0.2) is 0 Å². The van der Waals surface area contributed by atoms with Crippen molar-refractivity contribution in [2.45, 2.75) is 43.8 Å². The normalized spacial score (nSPS) is 20.9. The van der Waals surface area contributed by atoms with Crippen LogP contribution in [0, 0.1) is 0 Å². The smallest absolute Gasteiger partial charge is 0.0950 e. The Morgan fingerprint density at radius 1 is 1.67 bits per heavy atom. The number of aliphatic hydroxyl groups is 1. The number of aromatic nitrogens is 1. The van der Waals surface area contributed by atoms with Gasteiger partial charge < -0.3 is 9.84 Å². The Bertz CT molecular complexity index is 290. The lowest BCUT2D eigenvalue weighted by Gasteiger charge is -2.41. The predicted octanol–water partition coefficient (Wildman–Crippen LogP) is 2.01. The standard InChI is InChI=1S/C11H17NO2S/c1-14-11(3-2-4-11)8-9(13)7-10-12-5-6-15-10/h5-6,9,13H,2-4,7-8H2,1H3. The van der Waals surface area contributed by atoms with E-state index in [9.17, 15) is 5.11 Å². The van der Waals surface area contributed by atoms with Crippen molar-refractivity contribution in [2.24, 2.45) is 0 Å². The molecule has 1 aromatic heterocycles. The van der Waals surface area contributed by atoms with E-state index < -0.39 is 0 Å². The molecular formula is C11H17NO2S. The van der Waals surface area contributed by atoms with E-state index in [2.05, 4.69) is 4.98 Å². The fourth-order valence-corrected chi connectivity index (χ4v) is 2.81. The second-order valence-corrected chi connectivity index (χ2v) is 5.21.